The number of hydrogen-bond donors (Lipinski definition) is 1. The Bertz CT molecular complexity index is 1000. The molecule has 5 heteroatoms. The van der Waals surface area contributed by atoms with E-state index >= 15 is 0 Å². The molecule has 0 aliphatic rings. The monoisotopic (exact) mass is 421 g/mol. The van der Waals surface area contributed by atoms with Crippen LogP contribution in [0.5, 0.6) is 5.75 Å². The van der Waals surface area contributed by atoms with Gasteiger partial charge in [0.25, 0.3) is 0 Å². The molecule has 0 bridgehead atoms. The first-order valence-corrected chi connectivity index (χ1v) is 10.4. The van der Waals surface area contributed by atoms with Gasteiger partial charge in [0.15, 0.2) is 0 Å². The van der Waals surface area contributed by atoms with Crippen LogP contribution >= 0.6 is 0 Å². The number of carbonyl (C=O) groups is 1. The van der Waals surface area contributed by atoms with Gasteiger partial charge in [-0.1, -0.05) is 54.6 Å². The smallest absolute Gasteiger partial charge is 0.305 e. The van der Waals surface area contributed by atoms with E-state index in [2.05, 4.69) is 35.2 Å². The van der Waals surface area contributed by atoms with E-state index in [-0.39, 0.29) is 11.8 Å². The normalized spacial score (nSPS) is 10.7. The number of benzene rings is 3. The molecule has 3 rings (SSSR count). The van der Waals surface area contributed by atoms with Gasteiger partial charge in [-0.2, -0.15) is 0 Å². The summed E-state index contributed by atoms with van der Waals surface area (Å²) in [5.74, 6) is -0.0526. The Morgan fingerprint density at radius 3 is 2.55 bits per heavy atom. The molecule has 0 spiro atoms. The number of methoxy groups -OCH3 is 1. The summed E-state index contributed by atoms with van der Waals surface area (Å²) in [4.78, 5) is 11.1. The summed E-state index contributed by atoms with van der Waals surface area (Å²) in [6, 6.07) is 21.3. The molecule has 0 amide bonds. The molecule has 4 nitrogen and oxygen atoms in total. The van der Waals surface area contributed by atoms with Gasteiger partial charge in [0, 0.05) is 24.6 Å². The van der Waals surface area contributed by atoms with E-state index in [0.717, 1.165) is 16.7 Å². The number of ether oxygens (including phenoxy) is 2. The number of carbonyl (C=O) groups excluding carboxylic acids is 1. The molecule has 1 N–H and O–H groups in total. The van der Waals surface area contributed by atoms with Gasteiger partial charge in [-0.15, -0.1) is 0 Å². The first kappa shape index (κ1) is 22.5. The zero-order valence-electron chi connectivity index (χ0n) is 18.0. The minimum absolute atomic E-state index is 0.237. The molecule has 0 atom stereocenters. The Morgan fingerprint density at radius 1 is 1.00 bits per heavy atom. The van der Waals surface area contributed by atoms with Crippen molar-refractivity contribution in [1.82, 2.24) is 5.32 Å². The zero-order chi connectivity index (χ0) is 22.1. The average Bonchev–Trinajstić information content (AvgIpc) is 2.79. The van der Waals surface area contributed by atoms with Crippen LogP contribution in [-0.2, 0) is 22.7 Å². The van der Waals surface area contributed by atoms with Crippen LogP contribution in [0.25, 0.3) is 11.1 Å². The Labute approximate surface area is 183 Å². The third kappa shape index (κ3) is 6.40. The Hall–Kier alpha value is -3.18. The molecule has 0 fully saturated rings. The van der Waals surface area contributed by atoms with Crippen LogP contribution in [0.3, 0.4) is 0 Å². The molecule has 31 heavy (non-hydrogen) atoms. The topological polar surface area (TPSA) is 47.6 Å². The second-order valence-electron chi connectivity index (χ2n) is 7.35. The molecule has 3 aromatic rings. The van der Waals surface area contributed by atoms with Crippen molar-refractivity contribution in [1.29, 1.82) is 0 Å². The standard InChI is InChI=1S/C26H28FNO3/c1-19-22(10-6-11-24(19)20-8-4-3-5-9-20)18-31-23-14-13-21(25(27)16-23)17-28-15-7-12-26(29)30-2/h3-6,8-11,13-14,16,28H,7,12,15,17-18H2,1-2H3. The Morgan fingerprint density at radius 2 is 1.81 bits per heavy atom. The molecule has 0 saturated heterocycles. The van der Waals surface area contributed by atoms with Crippen molar-refractivity contribution in [3.63, 3.8) is 0 Å². The predicted octanol–water partition coefficient (Wildman–Crippen LogP) is 5.42. The molecular formula is C26H28FNO3. The van der Waals surface area contributed by atoms with Gasteiger partial charge in [0.1, 0.15) is 18.2 Å². The summed E-state index contributed by atoms with van der Waals surface area (Å²) >= 11 is 0. The highest BCUT2D eigenvalue weighted by Gasteiger charge is 2.09. The fourth-order valence-electron chi connectivity index (χ4n) is 3.38. The van der Waals surface area contributed by atoms with Crippen LogP contribution in [0, 0.1) is 12.7 Å². The van der Waals surface area contributed by atoms with Crippen molar-refractivity contribution >= 4 is 5.97 Å². The predicted molar refractivity (Wildman–Crippen MR) is 120 cm³/mol. The number of rotatable bonds is 10. The number of hydrogen-bond acceptors (Lipinski definition) is 4. The van der Waals surface area contributed by atoms with Crippen molar-refractivity contribution in [3.8, 4) is 16.9 Å². The number of halogens is 1. The maximum Gasteiger partial charge on any atom is 0.305 e. The van der Waals surface area contributed by atoms with Gasteiger partial charge < -0.3 is 14.8 Å². The van der Waals surface area contributed by atoms with Crippen LogP contribution in [-0.4, -0.2) is 19.6 Å². The second-order valence-corrected chi connectivity index (χ2v) is 7.35. The summed E-state index contributed by atoms with van der Waals surface area (Å²) in [6.07, 6.45) is 1.00. The van der Waals surface area contributed by atoms with E-state index in [0.29, 0.717) is 43.9 Å². The third-order valence-corrected chi connectivity index (χ3v) is 5.23. The van der Waals surface area contributed by atoms with Crippen molar-refractivity contribution < 1.29 is 18.7 Å². The first-order valence-electron chi connectivity index (χ1n) is 10.4. The molecule has 3 aromatic carbocycles. The maximum absolute atomic E-state index is 14.4. The Balaban J connectivity index is 1.56. The van der Waals surface area contributed by atoms with Gasteiger partial charge in [-0.05, 0) is 48.2 Å². The lowest BCUT2D eigenvalue weighted by Crippen LogP contribution is -2.17. The van der Waals surface area contributed by atoms with Gasteiger partial charge in [-0.25, -0.2) is 4.39 Å². The average molecular weight is 422 g/mol. The highest BCUT2D eigenvalue weighted by Crippen LogP contribution is 2.26. The molecule has 0 saturated carbocycles. The van der Waals surface area contributed by atoms with Gasteiger partial charge >= 0.3 is 5.97 Å². The summed E-state index contributed by atoms with van der Waals surface area (Å²) in [7, 11) is 1.37. The second kappa shape index (κ2) is 11.3. The quantitative estimate of drug-likeness (QED) is 0.351. The molecule has 0 heterocycles. The zero-order valence-corrected chi connectivity index (χ0v) is 18.0. The van der Waals surface area contributed by atoms with Crippen molar-refractivity contribution in [2.24, 2.45) is 0 Å². The minimum Gasteiger partial charge on any atom is -0.489 e. The third-order valence-electron chi connectivity index (χ3n) is 5.23. The highest BCUT2D eigenvalue weighted by molar-refractivity contribution is 5.69. The van der Waals surface area contributed by atoms with Crippen molar-refractivity contribution in [2.45, 2.75) is 32.9 Å². The van der Waals surface area contributed by atoms with Gasteiger partial charge in [0.05, 0.1) is 7.11 Å². The van der Waals surface area contributed by atoms with E-state index in [1.807, 2.05) is 30.3 Å². The lowest BCUT2D eigenvalue weighted by atomic mass is 9.97. The molecular weight excluding hydrogens is 393 g/mol. The van der Waals surface area contributed by atoms with Crippen LogP contribution in [0.1, 0.15) is 29.5 Å². The minimum atomic E-state index is -0.312. The molecule has 162 valence electrons. The van der Waals surface area contributed by atoms with Crippen LogP contribution in [0.2, 0.25) is 0 Å². The highest BCUT2D eigenvalue weighted by atomic mass is 19.1. The van der Waals surface area contributed by atoms with E-state index in [1.54, 1.807) is 12.1 Å². The fraction of sp³-hybridized carbons (Fsp3) is 0.269. The van der Waals surface area contributed by atoms with Crippen molar-refractivity contribution in [2.75, 3.05) is 13.7 Å². The molecule has 0 aliphatic carbocycles. The lowest BCUT2D eigenvalue weighted by Gasteiger charge is -2.13. The molecule has 0 aromatic heterocycles. The van der Waals surface area contributed by atoms with E-state index in [4.69, 9.17) is 4.74 Å². The fourth-order valence-corrected chi connectivity index (χ4v) is 3.38. The molecule has 0 radical (unpaired) electrons. The Kier molecular flexibility index (Phi) is 8.19. The van der Waals surface area contributed by atoms with Gasteiger partial charge in [0.2, 0.25) is 0 Å². The largest absolute Gasteiger partial charge is 0.489 e. The van der Waals surface area contributed by atoms with Gasteiger partial charge in [-0.3, -0.25) is 4.79 Å². The number of esters is 1. The summed E-state index contributed by atoms with van der Waals surface area (Å²) < 4.78 is 24.9. The summed E-state index contributed by atoms with van der Waals surface area (Å²) in [5.41, 5.74) is 5.12. The lowest BCUT2D eigenvalue weighted by molar-refractivity contribution is -0.140. The van der Waals surface area contributed by atoms with Crippen molar-refractivity contribution in [3.05, 3.63) is 89.2 Å². The maximum atomic E-state index is 14.4. The summed E-state index contributed by atoms with van der Waals surface area (Å²) in [5, 5.41) is 3.14. The van der Waals surface area contributed by atoms with E-state index in [1.165, 1.54) is 18.7 Å². The summed E-state index contributed by atoms with van der Waals surface area (Å²) in [6.45, 7) is 3.46. The molecule has 0 unspecified atom stereocenters. The van der Waals surface area contributed by atoms with Crippen LogP contribution < -0.4 is 10.1 Å². The molecule has 0 aliphatic heterocycles. The van der Waals surface area contributed by atoms with Crippen LogP contribution in [0.15, 0.2) is 66.7 Å². The first-order chi connectivity index (χ1) is 15.1. The SMILES string of the molecule is COC(=O)CCCNCc1ccc(OCc2cccc(-c3ccccc3)c2C)cc1F. The van der Waals surface area contributed by atoms with E-state index in [9.17, 15) is 9.18 Å². The van der Waals surface area contributed by atoms with E-state index < -0.39 is 0 Å². The number of nitrogens with one attached hydrogen (secondary N) is 1. The van der Waals surface area contributed by atoms with Crippen LogP contribution in [0.4, 0.5) is 4.39 Å².